The van der Waals surface area contributed by atoms with Crippen LogP contribution in [0.5, 0.6) is 0 Å². The summed E-state index contributed by atoms with van der Waals surface area (Å²) in [5, 5.41) is 1.05. The van der Waals surface area contributed by atoms with Crippen LogP contribution in [0.25, 0.3) is 0 Å². The van der Waals surface area contributed by atoms with E-state index >= 15 is 0 Å². The molecule has 0 aromatic heterocycles. The van der Waals surface area contributed by atoms with Crippen LogP contribution in [0.15, 0.2) is 11.6 Å². The van der Waals surface area contributed by atoms with Crippen molar-refractivity contribution < 1.29 is 0 Å². The first kappa shape index (κ1) is 7.80. The summed E-state index contributed by atoms with van der Waals surface area (Å²) in [5.74, 6) is 0. The molecule has 1 atom stereocenters. The topological polar surface area (TPSA) is 0 Å². The van der Waals surface area contributed by atoms with Gasteiger partial charge in [0.05, 0.1) is 0 Å². The normalized spacial score (nSPS) is 27.8. The Morgan fingerprint density at radius 2 is 2.44 bits per heavy atom. The van der Waals surface area contributed by atoms with Crippen molar-refractivity contribution in [1.29, 1.82) is 0 Å². The van der Waals surface area contributed by atoms with E-state index in [1.54, 1.807) is 5.57 Å². The average Bonchev–Trinajstić information content (AvgIpc) is 1.88. The van der Waals surface area contributed by atoms with Crippen LogP contribution in [0.3, 0.4) is 0 Å². The van der Waals surface area contributed by atoms with Crippen LogP contribution in [0, 0.1) is 0 Å². The molecule has 0 saturated carbocycles. The van der Waals surface area contributed by atoms with Crippen molar-refractivity contribution in [2.24, 2.45) is 0 Å². The quantitative estimate of drug-likeness (QED) is 0.497. The highest BCUT2D eigenvalue weighted by Crippen LogP contribution is 2.23. The first-order chi connectivity index (χ1) is 4.33. The number of halogens is 2. The SMILES string of the molecule is BrCC1=CC(Br)CCC1. The molecule has 0 spiro atoms. The van der Waals surface area contributed by atoms with Gasteiger partial charge in [-0.2, -0.15) is 0 Å². The molecule has 0 N–H and O–H groups in total. The molecule has 2 heteroatoms. The molecule has 0 nitrogen and oxygen atoms in total. The van der Waals surface area contributed by atoms with E-state index in [2.05, 4.69) is 37.9 Å². The van der Waals surface area contributed by atoms with E-state index in [0.29, 0.717) is 4.83 Å². The van der Waals surface area contributed by atoms with E-state index in [0.717, 1.165) is 5.33 Å². The van der Waals surface area contributed by atoms with Gasteiger partial charge in [0.25, 0.3) is 0 Å². The fourth-order valence-corrected chi connectivity index (χ4v) is 2.22. The van der Waals surface area contributed by atoms with Gasteiger partial charge in [0.1, 0.15) is 0 Å². The molecular weight excluding hydrogens is 244 g/mol. The largest absolute Gasteiger partial charge is 0.0880 e. The second-order valence-electron chi connectivity index (χ2n) is 2.37. The number of rotatable bonds is 1. The molecule has 9 heavy (non-hydrogen) atoms. The molecular formula is C7H10Br2. The maximum atomic E-state index is 3.57. The summed E-state index contributed by atoms with van der Waals surface area (Å²) in [7, 11) is 0. The van der Waals surface area contributed by atoms with Gasteiger partial charge in [-0.25, -0.2) is 0 Å². The monoisotopic (exact) mass is 252 g/mol. The fourth-order valence-electron chi connectivity index (χ4n) is 1.06. The number of hydrogen-bond donors (Lipinski definition) is 0. The molecule has 0 aromatic rings. The van der Waals surface area contributed by atoms with Gasteiger partial charge in [-0.05, 0) is 19.3 Å². The van der Waals surface area contributed by atoms with Crippen LogP contribution >= 0.6 is 31.9 Å². The summed E-state index contributed by atoms with van der Waals surface area (Å²) < 4.78 is 0. The predicted octanol–water partition coefficient (Wildman–Crippen LogP) is 3.26. The van der Waals surface area contributed by atoms with Gasteiger partial charge < -0.3 is 0 Å². The minimum atomic E-state index is 0.638. The van der Waals surface area contributed by atoms with Gasteiger partial charge in [-0.1, -0.05) is 43.5 Å². The Kier molecular flexibility index (Phi) is 3.27. The van der Waals surface area contributed by atoms with Crippen LogP contribution in [-0.4, -0.2) is 10.2 Å². The molecule has 0 saturated heterocycles. The number of alkyl halides is 2. The Morgan fingerprint density at radius 3 is 2.89 bits per heavy atom. The van der Waals surface area contributed by atoms with Gasteiger partial charge in [-0.3, -0.25) is 0 Å². The minimum Gasteiger partial charge on any atom is -0.0880 e. The van der Waals surface area contributed by atoms with E-state index in [1.165, 1.54) is 19.3 Å². The van der Waals surface area contributed by atoms with Gasteiger partial charge >= 0.3 is 0 Å². The third-order valence-corrected chi connectivity index (χ3v) is 3.01. The van der Waals surface area contributed by atoms with Crippen molar-refractivity contribution in [2.45, 2.75) is 24.1 Å². The van der Waals surface area contributed by atoms with E-state index < -0.39 is 0 Å². The highest BCUT2D eigenvalue weighted by Gasteiger charge is 2.08. The van der Waals surface area contributed by atoms with Gasteiger partial charge in [0.15, 0.2) is 0 Å². The highest BCUT2D eigenvalue weighted by molar-refractivity contribution is 9.09. The Bertz CT molecular complexity index is 118. The van der Waals surface area contributed by atoms with Crippen LogP contribution in [0.4, 0.5) is 0 Å². The van der Waals surface area contributed by atoms with Crippen molar-refractivity contribution in [1.82, 2.24) is 0 Å². The Morgan fingerprint density at radius 1 is 1.67 bits per heavy atom. The van der Waals surface area contributed by atoms with E-state index in [-0.39, 0.29) is 0 Å². The Balaban J connectivity index is 2.49. The van der Waals surface area contributed by atoms with Crippen molar-refractivity contribution in [2.75, 3.05) is 5.33 Å². The highest BCUT2D eigenvalue weighted by atomic mass is 79.9. The van der Waals surface area contributed by atoms with Crippen molar-refractivity contribution in [3.63, 3.8) is 0 Å². The lowest BCUT2D eigenvalue weighted by molar-refractivity contribution is 0.720. The third kappa shape index (κ3) is 2.42. The first-order valence-electron chi connectivity index (χ1n) is 3.22. The maximum absolute atomic E-state index is 3.57. The summed E-state index contributed by atoms with van der Waals surface area (Å²) in [6.07, 6.45) is 6.25. The van der Waals surface area contributed by atoms with Crippen molar-refractivity contribution in [3.8, 4) is 0 Å². The second kappa shape index (κ2) is 3.77. The lowest BCUT2D eigenvalue weighted by Crippen LogP contribution is -2.02. The summed E-state index contributed by atoms with van der Waals surface area (Å²) in [6.45, 7) is 0. The fraction of sp³-hybridized carbons (Fsp3) is 0.714. The molecule has 0 fully saturated rings. The standard InChI is InChI=1S/C7H10Br2/c8-5-6-2-1-3-7(9)4-6/h4,7H,1-3,5H2. The summed E-state index contributed by atoms with van der Waals surface area (Å²) in [6, 6.07) is 0. The molecule has 1 aliphatic rings. The van der Waals surface area contributed by atoms with Crippen molar-refractivity contribution >= 4 is 31.9 Å². The molecule has 0 bridgehead atoms. The van der Waals surface area contributed by atoms with Gasteiger partial charge in [-0.15, -0.1) is 0 Å². The zero-order valence-corrected chi connectivity index (χ0v) is 8.41. The summed E-state index contributed by atoms with van der Waals surface area (Å²) in [5.41, 5.74) is 1.54. The number of allylic oxidation sites excluding steroid dienone is 2. The van der Waals surface area contributed by atoms with Crippen LogP contribution < -0.4 is 0 Å². The molecule has 0 aliphatic heterocycles. The zero-order valence-electron chi connectivity index (χ0n) is 5.24. The summed E-state index contributed by atoms with van der Waals surface area (Å²) in [4.78, 5) is 0.638. The maximum Gasteiger partial charge on any atom is 0.0328 e. The second-order valence-corrected chi connectivity index (χ2v) is 4.10. The predicted molar refractivity (Wildman–Crippen MR) is 48.4 cm³/mol. The smallest absolute Gasteiger partial charge is 0.0328 e. The van der Waals surface area contributed by atoms with E-state index in [1.807, 2.05) is 0 Å². The molecule has 0 radical (unpaired) electrons. The van der Waals surface area contributed by atoms with E-state index in [4.69, 9.17) is 0 Å². The van der Waals surface area contributed by atoms with Crippen LogP contribution in [0.2, 0.25) is 0 Å². The molecule has 1 unspecified atom stereocenters. The van der Waals surface area contributed by atoms with Crippen LogP contribution in [-0.2, 0) is 0 Å². The molecule has 1 aliphatic carbocycles. The summed E-state index contributed by atoms with van der Waals surface area (Å²) >= 11 is 7.02. The molecule has 0 amide bonds. The third-order valence-electron chi connectivity index (χ3n) is 1.57. The minimum absolute atomic E-state index is 0.638. The molecule has 0 aromatic carbocycles. The average molecular weight is 254 g/mol. The lowest BCUT2D eigenvalue weighted by atomic mass is 10.0. The molecule has 0 heterocycles. The Labute approximate surface area is 73.0 Å². The van der Waals surface area contributed by atoms with Gasteiger partial charge in [0, 0.05) is 10.2 Å². The zero-order chi connectivity index (χ0) is 6.69. The molecule has 52 valence electrons. The van der Waals surface area contributed by atoms with Gasteiger partial charge in [0.2, 0.25) is 0 Å². The Hall–Kier alpha value is 0.700. The first-order valence-corrected chi connectivity index (χ1v) is 5.26. The lowest BCUT2D eigenvalue weighted by Gasteiger charge is -2.14. The molecule has 1 rings (SSSR count). The number of hydrogen-bond acceptors (Lipinski definition) is 0. The van der Waals surface area contributed by atoms with Crippen molar-refractivity contribution in [3.05, 3.63) is 11.6 Å². The van der Waals surface area contributed by atoms with Crippen LogP contribution in [0.1, 0.15) is 19.3 Å². The van der Waals surface area contributed by atoms with E-state index in [9.17, 15) is 0 Å².